The van der Waals surface area contributed by atoms with Crippen molar-refractivity contribution in [3.8, 4) is 0 Å². The molecule has 1 aromatic heterocycles. The van der Waals surface area contributed by atoms with Crippen LogP contribution in [0.3, 0.4) is 0 Å². The molecule has 0 N–H and O–H groups in total. The molecule has 0 unspecified atom stereocenters. The lowest BCUT2D eigenvalue weighted by atomic mass is 10.2. The number of nitrogens with zero attached hydrogens (tertiary/aromatic N) is 2. The summed E-state index contributed by atoms with van der Waals surface area (Å²) < 4.78 is 25.0. The van der Waals surface area contributed by atoms with Gasteiger partial charge in [0, 0.05) is 26.0 Å². The van der Waals surface area contributed by atoms with Crippen molar-refractivity contribution in [1.29, 1.82) is 0 Å². The highest BCUT2D eigenvalue weighted by Gasteiger charge is 2.17. The van der Waals surface area contributed by atoms with E-state index in [1.54, 1.807) is 23.9 Å². The number of hydrogen-bond donors (Lipinski definition) is 0. The lowest BCUT2D eigenvalue weighted by Crippen LogP contribution is -2.22. The van der Waals surface area contributed by atoms with Gasteiger partial charge in [-0.25, -0.2) is 17.7 Å². The normalized spacial score (nSPS) is 11.8. The zero-order valence-electron chi connectivity index (χ0n) is 12.1. The van der Waals surface area contributed by atoms with Crippen LogP contribution in [0.1, 0.15) is 5.56 Å². The number of benzene rings is 1. The van der Waals surface area contributed by atoms with Gasteiger partial charge in [0.15, 0.2) is 0 Å². The average Bonchev–Trinajstić information content (AvgIpc) is 2.49. The third-order valence-electron chi connectivity index (χ3n) is 2.97. The maximum Gasteiger partial charge on any atom is 0.244 e. The van der Waals surface area contributed by atoms with E-state index in [1.807, 2.05) is 18.2 Å². The zero-order valence-corrected chi connectivity index (χ0v) is 13.7. The van der Waals surface area contributed by atoms with Gasteiger partial charge in [0.1, 0.15) is 4.90 Å². The van der Waals surface area contributed by atoms with Crippen molar-refractivity contribution < 1.29 is 8.42 Å². The predicted octanol–water partition coefficient (Wildman–Crippen LogP) is 2.67. The second-order valence-corrected chi connectivity index (χ2v) is 7.97. The molecule has 0 saturated heterocycles. The minimum absolute atomic E-state index is 0.222. The van der Waals surface area contributed by atoms with E-state index in [9.17, 15) is 8.42 Å². The van der Waals surface area contributed by atoms with E-state index >= 15 is 0 Å². The van der Waals surface area contributed by atoms with Gasteiger partial charge in [-0.05, 0) is 24.1 Å². The monoisotopic (exact) mass is 322 g/mol. The van der Waals surface area contributed by atoms with Crippen LogP contribution >= 0.6 is 11.8 Å². The molecule has 0 amide bonds. The molecule has 0 radical (unpaired) electrons. The average molecular weight is 322 g/mol. The van der Waals surface area contributed by atoms with Gasteiger partial charge in [-0.15, -0.1) is 11.8 Å². The molecule has 0 atom stereocenters. The fourth-order valence-corrected chi connectivity index (χ4v) is 3.42. The number of pyridine rings is 1. The van der Waals surface area contributed by atoms with Gasteiger partial charge in [-0.3, -0.25) is 0 Å². The fraction of sp³-hybridized carbons (Fsp3) is 0.267. The van der Waals surface area contributed by atoms with Crippen molar-refractivity contribution in [3.05, 3.63) is 54.2 Å². The summed E-state index contributed by atoms with van der Waals surface area (Å²) in [5.74, 6) is 0.913. The summed E-state index contributed by atoms with van der Waals surface area (Å²) in [5.41, 5.74) is 1.29. The molecule has 6 heteroatoms. The first-order valence-electron chi connectivity index (χ1n) is 6.55. The third kappa shape index (κ3) is 4.30. The molecule has 112 valence electrons. The van der Waals surface area contributed by atoms with E-state index in [-0.39, 0.29) is 4.90 Å². The van der Waals surface area contributed by atoms with Gasteiger partial charge >= 0.3 is 0 Å². The highest BCUT2D eigenvalue weighted by Crippen LogP contribution is 2.19. The Balaban J connectivity index is 1.94. The van der Waals surface area contributed by atoms with Crippen LogP contribution in [0, 0.1) is 0 Å². The highest BCUT2D eigenvalue weighted by molar-refractivity contribution is 7.99. The number of rotatable bonds is 6. The van der Waals surface area contributed by atoms with Gasteiger partial charge in [0.05, 0.1) is 5.03 Å². The predicted molar refractivity (Wildman–Crippen MR) is 86.0 cm³/mol. The van der Waals surface area contributed by atoms with Crippen molar-refractivity contribution in [2.75, 3.05) is 19.8 Å². The van der Waals surface area contributed by atoms with E-state index < -0.39 is 10.0 Å². The lowest BCUT2D eigenvalue weighted by Gasteiger charge is -2.11. The minimum atomic E-state index is -3.40. The van der Waals surface area contributed by atoms with Crippen LogP contribution in [-0.2, 0) is 16.4 Å². The molecule has 0 spiro atoms. The van der Waals surface area contributed by atoms with E-state index in [2.05, 4.69) is 17.1 Å². The van der Waals surface area contributed by atoms with Gasteiger partial charge in [-0.1, -0.05) is 30.3 Å². The first kappa shape index (κ1) is 16.0. The summed E-state index contributed by atoms with van der Waals surface area (Å²) in [4.78, 5) is 4.44. The molecule has 2 rings (SSSR count). The van der Waals surface area contributed by atoms with Crippen molar-refractivity contribution >= 4 is 21.8 Å². The minimum Gasteiger partial charge on any atom is -0.249 e. The molecule has 1 aromatic carbocycles. The zero-order chi connectivity index (χ0) is 15.3. The maximum absolute atomic E-state index is 11.9. The second-order valence-electron chi connectivity index (χ2n) is 4.70. The molecule has 0 saturated carbocycles. The first-order chi connectivity index (χ1) is 10.00. The third-order valence-corrected chi connectivity index (χ3v) is 5.72. The summed E-state index contributed by atoms with van der Waals surface area (Å²) in [6.07, 6.45) is 2.38. The number of sulfonamides is 1. The Hall–Kier alpha value is -1.37. The summed E-state index contributed by atoms with van der Waals surface area (Å²) in [7, 11) is -0.372. The highest BCUT2D eigenvalue weighted by atomic mass is 32.2. The second kappa shape index (κ2) is 7.06. The van der Waals surface area contributed by atoms with Crippen molar-refractivity contribution in [2.24, 2.45) is 0 Å². The van der Waals surface area contributed by atoms with Crippen molar-refractivity contribution in [3.63, 3.8) is 0 Å². The maximum atomic E-state index is 11.9. The quantitative estimate of drug-likeness (QED) is 0.767. The molecular weight excluding hydrogens is 304 g/mol. The van der Waals surface area contributed by atoms with Gasteiger partial charge in [0.2, 0.25) is 10.0 Å². The SMILES string of the molecule is CN(C)S(=O)(=O)c1ccc(SCCc2ccccc2)nc1. The fourth-order valence-electron chi connectivity index (χ4n) is 1.73. The molecular formula is C15H18N2O2S2. The van der Waals surface area contributed by atoms with Crippen LogP contribution in [0.15, 0.2) is 58.6 Å². The smallest absolute Gasteiger partial charge is 0.244 e. The van der Waals surface area contributed by atoms with Crippen LogP contribution in [0.5, 0.6) is 0 Å². The summed E-state index contributed by atoms with van der Waals surface area (Å²) in [6.45, 7) is 0. The molecule has 0 aliphatic carbocycles. The van der Waals surface area contributed by atoms with Crippen molar-refractivity contribution in [2.45, 2.75) is 16.3 Å². The largest absolute Gasteiger partial charge is 0.249 e. The number of hydrogen-bond acceptors (Lipinski definition) is 4. The van der Waals surface area contributed by atoms with Gasteiger partial charge in [0.25, 0.3) is 0 Å². The summed E-state index contributed by atoms with van der Waals surface area (Å²) >= 11 is 1.62. The molecule has 0 aliphatic rings. The summed E-state index contributed by atoms with van der Waals surface area (Å²) in [5, 5.41) is 0.837. The van der Waals surface area contributed by atoms with Crippen LogP contribution in [0.2, 0.25) is 0 Å². The molecule has 0 bridgehead atoms. The summed E-state index contributed by atoms with van der Waals surface area (Å²) in [6, 6.07) is 13.6. The lowest BCUT2D eigenvalue weighted by molar-refractivity contribution is 0.520. The Morgan fingerprint density at radius 3 is 2.38 bits per heavy atom. The molecule has 0 aliphatic heterocycles. The van der Waals surface area contributed by atoms with Crippen LogP contribution in [0.4, 0.5) is 0 Å². The number of aryl methyl sites for hydroxylation is 1. The van der Waals surface area contributed by atoms with Gasteiger partial charge in [-0.2, -0.15) is 0 Å². The van der Waals surface area contributed by atoms with E-state index in [0.717, 1.165) is 17.2 Å². The van der Waals surface area contributed by atoms with Crippen molar-refractivity contribution in [1.82, 2.24) is 9.29 Å². The van der Waals surface area contributed by atoms with Crippen LogP contribution in [0.25, 0.3) is 0 Å². The Kier molecular flexibility index (Phi) is 5.39. The van der Waals surface area contributed by atoms with Gasteiger partial charge < -0.3 is 0 Å². The van der Waals surface area contributed by atoms with Crippen LogP contribution in [-0.4, -0.2) is 37.6 Å². The number of thioether (sulfide) groups is 1. The molecule has 2 aromatic rings. The van der Waals surface area contributed by atoms with E-state index in [1.165, 1.54) is 30.2 Å². The Bertz CT molecular complexity index is 669. The standard InChI is InChI=1S/C15H18N2O2S2/c1-17(2)21(18,19)14-8-9-15(16-12-14)20-11-10-13-6-4-3-5-7-13/h3-9,12H,10-11H2,1-2H3. The van der Waals surface area contributed by atoms with E-state index in [4.69, 9.17) is 0 Å². The topological polar surface area (TPSA) is 50.3 Å². The molecule has 1 heterocycles. The Morgan fingerprint density at radius 2 is 1.81 bits per heavy atom. The Labute approximate surface area is 130 Å². The molecule has 4 nitrogen and oxygen atoms in total. The first-order valence-corrected chi connectivity index (χ1v) is 8.98. The molecule has 0 fully saturated rings. The van der Waals surface area contributed by atoms with Crippen LogP contribution < -0.4 is 0 Å². The number of aromatic nitrogens is 1. The molecule has 21 heavy (non-hydrogen) atoms. The van der Waals surface area contributed by atoms with E-state index in [0.29, 0.717) is 0 Å². The Morgan fingerprint density at radius 1 is 1.10 bits per heavy atom.